The lowest BCUT2D eigenvalue weighted by atomic mass is 9.70. The number of aromatic nitrogens is 1. The first-order valence-electron chi connectivity index (χ1n) is 10.6. The van der Waals surface area contributed by atoms with E-state index in [-0.39, 0.29) is 23.1 Å². The van der Waals surface area contributed by atoms with E-state index in [0.717, 1.165) is 22.4 Å². The van der Waals surface area contributed by atoms with Crippen molar-refractivity contribution in [2.45, 2.75) is 53.4 Å². The molecule has 1 aromatic carbocycles. The van der Waals surface area contributed by atoms with Gasteiger partial charge in [0.25, 0.3) is 0 Å². The minimum Gasteiger partial charge on any atom is -0.294 e. The maximum Gasteiger partial charge on any atom is 0.331 e. The van der Waals surface area contributed by atoms with E-state index < -0.39 is 0 Å². The van der Waals surface area contributed by atoms with Crippen LogP contribution in [0.1, 0.15) is 56.2 Å². The summed E-state index contributed by atoms with van der Waals surface area (Å²) in [5.41, 5.74) is 5.11. The summed E-state index contributed by atoms with van der Waals surface area (Å²) < 4.78 is 0. The summed E-state index contributed by atoms with van der Waals surface area (Å²) in [5.74, 6) is 0.303. The molecule has 159 valence electrons. The van der Waals surface area contributed by atoms with Crippen molar-refractivity contribution < 1.29 is 9.59 Å². The topological polar surface area (TPSA) is 62.3 Å². The molecule has 4 rings (SSSR count). The van der Waals surface area contributed by atoms with Crippen molar-refractivity contribution in [3.05, 3.63) is 82.3 Å². The Balaban J connectivity index is 1.77. The molecule has 5 nitrogen and oxygen atoms in total. The van der Waals surface area contributed by atoms with Gasteiger partial charge in [-0.2, -0.15) is 0 Å². The molecule has 1 unspecified atom stereocenters. The first-order chi connectivity index (χ1) is 14.6. The van der Waals surface area contributed by atoms with Gasteiger partial charge >= 0.3 is 6.03 Å². The normalized spacial score (nSPS) is 20.3. The molecule has 2 aromatic rings. The van der Waals surface area contributed by atoms with Crippen LogP contribution in [0.3, 0.4) is 0 Å². The van der Waals surface area contributed by atoms with Crippen molar-refractivity contribution in [2.24, 2.45) is 5.41 Å². The highest BCUT2D eigenvalue weighted by Gasteiger charge is 2.42. The van der Waals surface area contributed by atoms with E-state index in [9.17, 15) is 9.59 Å². The minimum atomic E-state index is -0.318. The Morgan fingerprint density at radius 2 is 1.90 bits per heavy atom. The SMILES string of the molecule is CC1=[C]C(c2cccc(C)c2)C2=C(CC(C)(C)CC2=O)N1C(=O)Nc1ccc(C)cn1. The maximum absolute atomic E-state index is 13.3. The number of anilines is 1. The van der Waals surface area contributed by atoms with Crippen molar-refractivity contribution in [3.8, 4) is 0 Å². The molecule has 31 heavy (non-hydrogen) atoms. The molecule has 2 heterocycles. The number of benzene rings is 1. The average Bonchev–Trinajstić information content (AvgIpc) is 2.68. The molecule has 1 aliphatic heterocycles. The molecule has 1 radical (unpaired) electrons. The molecule has 2 aliphatic rings. The van der Waals surface area contributed by atoms with E-state index in [1.54, 1.807) is 17.2 Å². The van der Waals surface area contributed by atoms with E-state index in [0.29, 0.717) is 29.9 Å². The molecular weight excluding hydrogens is 386 g/mol. The second kappa shape index (κ2) is 7.80. The zero-order valence-electron chi connectivity index (χ0n) is 18.7. The maximum atomic E-state index is 13.3. The van der Waals surface area contributed by atoms with Gasteiger partial charge in [-0.3, -0.25) is 15.0 Å². The summed E-state index contributed by atoms with van der Waals surface area (Å²) in [6.45, 7) is 10.0. The quantitative estimate of drug-likeness (QED) is 0.688. The highest BCUT2D eigenvalue weighted by atomic mass is 16.2. The number of hydrogen-bond acceptors (Lipinski definition) is 3. The third-order valence-corrected chi connectivity index (χ3v) is 5.87. The molecule has 0 saturated carbocycles. The van der Waals surface area contributed by atoms with E-state index in [2.05, 4.69) is 36.3 Å². The molecule has 0 saturated heterocycles. The summed E-state index contributed by atoms with van der Waals surface area (Å²) >= 11 is 0. The summed E-state index contributed by atoms with van der Waals surface area (Å²) in [7, 11) is 0. The van der Waals surface area contributed by atoms with Crippen LogP contribution >= 0.6 is 0 Å². The van der Waals surface area contributed by atoms with Gasteiger partial charge in [0.1, 0.15) is 5.82 Å². The Labute approximate surface area is 183 Å². The number of carbonyl (C=O) groups is 2. The van der Waals surface area contributed by atoms with Crippen LogP contribution in [0.4, 0.5) is 10.6 Å². The average molecular weight is 415 g/mol. The number of nitrogens with zero attached hydrogens (tertiary/aromatic N) is 2. The zero-order valence-corrected chi connectivity index (χ0v) is 18.7. The molecule has 2 amide bonds. The highest BCUT2D eigenvalue weighted by Crippen LogP contribution is 2.47. The molecule has 0 bridgehead atoms. The van der Waals surface area contributed by atoms with Crippen LogP contribution in [0.15, 0.2) is 59.6 Å². The van der Waals surface area contributed by atoms with E-state index in [1.165, 1.54) is 0 Å². The van der Waals surface area contributed by atoms with Gasteiger partial charge in [0.15, 0.2) is 5.78 Å². The Morgan fingerprint density at radius 3 is 2.58 bits per heavy atom. The van der Waals surface area contributed by atoms with Crippen LogP contribution in [0, 0.1) is 25.3 Å². The van der Waals surface area contributed by atoms with Crippen molar-refractivity contribution in [1.29, 1.82) is 0 Å². The number of allylic oxidation sites excluding steroid dienone is 4. The van der Waals surface area contributed by atoms with Crippen LogP contribution in [0.5, 0.6) is 0 Å². The number of nitrogens with one attached hydrogen (secondary N) is 1. The number of amides is 2. The lowest BCUT2D eigenvalue weighted by Gasteiger charge is -2.41. The highest BCUT2D eigenvalue weighted by molar-refractivity contribution is 6.01. The number of ketones is 1. The van der Waals surface area contributed by atoms with Crippen molar-refractivity contribution in [2.75, 3.05) is 5.32 Å². The van der Waals surface area contributed by atoms with Gasteiger partial charge in [0.2, 0.25) is 0 Å². The molecular formula is C26H28N3O2. The number of carbonyl (C=O) groups excluding carboxylic acids is 2. The lowest BCUT2D eigenvalue weighted by Crippen LogP contribution is -2.42. The summed E-state index contributed by atoms with van der Waals surface area (Å²) in [6.07, 6.45) is 6.25. The van der Waals surface area contributed by atoms with Crippen LogP contribution in [-0.2, 0) is 4.79 Å². The molecule has 0 spiro atoms. The van der Waals surface area contributed by atoms with Gasteiger partial charge < -0.3 is 0 Å². The predicted molar refractivity (Wildman–Crippen MR) is 121 cm³/mol. The first-order valence-corrected chi connectivity index (χ1v) is 10.6. The van der Waals surface area contributed by atoms with E-state index in [1.807, 2.05) is 45.0 Å². The predicted octanol–water partition coefficient (Wildman–Crippen LogP) is 5.68. The second-order valence-electron chi connectivity index (χ2n) is 9.36. The van der Waals surface area contributed by atoms with Crippen molar-refractivity contribution >= 4 is 17.6 Å². The molecule has 5 heteroatoms. The van der Waals surface area contributed by atoms with Crippen molar-refractivity contribution in [3.63, 3.8) is 0 Å². The van der Waals surface area contributed by atoms with E-state index in [4.69, 9.17) is 0 Å². The molecule has 1 N–H and O–H groups in total. The number of pyridine rings is 1. The van der Waals surface area contributed by atoms with Crippen LogP contribution in [0.25, 0.3) is 0 Å². The molecule has 1 atom stereocenters. The monoisotopic (exact) mass is 414 g/mol. The fraction of sp³-hybridized carbons (Fsp3) is 0.346. The Kier molecular flexibility index (Phi) is 5.29. The fourth-order valence-corrected chi connectivity index (χ4v) is 4.46. The third kappa shape index (κ3) is 4.18. The van der Waals surface area contributed by atoms with Crippen LogP contribution < -0.4 is 5.32 Å². The van der Waals surface area contributed by atoms with Gasteiger partial charge in [-0.15, -0.1) is 0 Å². The van der Waals surface area contributed by atoms with Gasteiger partial charge in [-0.1, -0.05) is 49.7 Å². The Hall–Kier alpha value is -3.21. The fourth-order valence-electron chi connectivity index (χ4n) is 4.46. The number of rotatable bonds is 2. The van der Waals surface area contributed by atoms with Gasteiger partial charge in [-0.25, -0.2) is 9.78 Å². The summed E-state index contributed by atoms with van der Waals surface area (Å²) in [4.78, 5) is 32.5. The first kappa shape index (κ1) is 21.0. The number of aryl methyl sites for hydroxylation is 2. The molecule has 1 aliphatic carbocycles. The lowest BCUT2D eigenvalue weighted by molar-refractivity contribution is -0.118. The molecule has 1 aromatic heterocycles. The van der Waals surface area contributed by atoms with Gasteiger partial charge in [0.05, 0.1) is 0 Å². The Bertz CT molecular complexity index is 1110. The van der Waals surface area contributed by atoms with E-state index >= 15 is 0 Å². The van der Waals surface area contributed by atoms with Gasteiger partial charge in [-0.05, 0) is 55.9 Å². The molecule has 0 fully saturated rings. The number of hydrogen-bond donors (Lipinski definition) is 1. The minimum absolute atomic E-state index is 0.0871. The summed E-state index contributed by atoms with van der Waals surface area (Å²) in [6, 6.07) is 11.5. The van der Waals surface area contributed by atoms with Gasteiger partial charge in [0, 0.05) is 35.5 Å². The van der Waals surface area contributed by atoms with Crippen molar-refractivity contribution in [1.82, 2.24) is 9.88 Å². The third-order valence-electron chi connectivity index (χ3n) is 5.87. The van der Waals surface area contributed by atoms with Crippen LogP contribution in [-0.4, -0.2) is 21.7 Å². The zero-order chi connectivity index (χ0) is 22.3. The summed E-state index contributed by atoms with van der Waals surface area (Å²) in [5, 5.41) is 2.88. The van der Waals surface area contributed by atoms with Crippen LogP contribution in [0.2, 0.25) is 0 Å². The Morgan fingerprint density at radius 1 is 1.13 bits per heavy atom. The smallest absolute Gasteiger partial charge is 0.294 e. The standard InChI is InChI=1S/C26H28N3O2/c1-16-7-6-8-19(11-16)20-12-18(3)29(21-13-26(4,5)14-22(30)24(20)21)25(31)28-23-10-9-17(2)15-27-23/h6-11,15,20H,13-14H2,1-5H3,(H,27,28,31). The number of urea groups is 1. The number of Topliss-reactive ketones (excluding diaryl/α,β-unsaturated/α-hetero) is 1. The largest absolute Gasteiger partial charge is 0.331 e. The second-order valence-corrected chi connectivity index (χ2v) is 9.36.